The van der Waals surface area contributed by atoms with Crippen LogP contribution in [0, 0.1) is 108 Å². The molecule has 0 unspecified atom stereocenters. The van der Waals surface area contributed by atoms with Crippen LogP contribution in [0.15, 0.2) is 0 Å². The first-order valence-electron chi connectivity index (χ1n) is 0.655. The van der Waals surface area contributed by atoms with E-state index in [-0.39, 0.29) is 77.3 Å². The van der Waals surface area contributed by atoms with Crippen molar-refractivity contribution < 1.29 is 108 Å². The molecule has 1 radical (unpaired) electrons. The van der Waals surface area contributed by atoms with Crippen molar-refractivity contribution in [2.45, 2.75) is 0 Å². The molecule has 6 heavy (non-hydrogen) atoms. The Morgan fingerprint density at radius 1 is 1.00 bits per heavy atom. The van der Waals surface area contributed by atoms with Gasteiger partial charge in [0, 0.05) is 77.3 Å². The molecule has 0 N–H and O–H groups in total. The second-order valence-corrected chi connectivity index (χ2v) is 16.5. The molecule has 0 spiro atoms. The van der Waals surface area contributed by atoms with Gasteiger partial charge in [-0.2, -0.15) is 0 Å². The smallest absolute Gasteiger partial charge is 0 e. The third-order valence-corrected chi connectivity index (χ3v) is 0. The van der Waals surface area contributed by atoms with Gasteiger partial charge in [-0.25, -0.2) is 0 Å². The Kier molecular flexibility index (Phi) is 35.5. The Morgan fingerprint density at radius 3 is 1.00 bits per heavy atom. The van der Waals surface area contributed by atoms with E-state index in [4.69, 9.17) is 17.1 Å². The van der Waals surface area contributed by atoms with Crippen molar-refractivity contribution in [2.24, 2.45) is 0 Å². The Bertz CT molecular complexity index is 15.5. The molecule has 0 aromatic carbocycles. The maximum Gasteiger partial charge on any atom is 0 e. The van der Waals surface area contributed by atoms with E-state index in [0.29, 0.717) is 0 Å². The van der Waals surface area contributed by atoms with E-state index >= 15 is 0 Å². The molecule has 31 valence electrons. The Hall–Kier alpha value is 4.81. The standard InChI is InChI=1S/Ce.3ClH.La.Pr/h;3*1H;;/q;;;;;+3/p-3. The summed E-state index contributed by atoms with van der Waals surface area (Å²) in [5.74, 6) is 0. The van der Waals surface area contributed by atoms with E-state index in [0.717, 1.165) is 0 Å². The molecule has 0 rings (SSSR count). The molecule has 0 aliphatic rings. The first-order chi connectivity index (χ1) is 1.73. The van der Waals surface area contributed by atoms with Gasteiger partial charge in [-0.05, 0) is 0 Å². The van der Waals surface area contributed by atoms with Crippen LogP contribution in [-0.4, -0.2) is 0 Å². The minimum absolute atomic E-state index is 0. The van der Waals surface area contributed by atoms with Crippen LogP contribution < -0.4 is 0 Å². The van der Waals surface area contributed by atoms with Gasteiger partial charge in [-0.3, -0.25) is 0 Å². The van der Waals surface area contributed by atoms with Crippen LogP contribution >= 0.6 is 17.1 Å². The minimum atomic E-state index is -2.31. The average Bonchev–Trinajstić information content (AvgIpc) is 0.811. The third kappa shape index (κ3) is 23.2. The summed E-state index contributed by atoms with van der Waals surface area (Å²) in [6, 6.07) is 0. The topological polar surface area (TPSA) is 0 Å². The van der Waals surface area contributed by atoms with Crippen LogP contribution in [0.5, 0.6) is 0 Å². The summed E-state index contributed by atoms with van der Waals surface area (Å²) in [5.41, 5.74) is 15.1. The van der Waals surface area contributed by atoms with Crippen LogP contribution in [-0.2, 0) is 0 Å². The maximum atomic E-state index is 5.03. The van der Waals surface area contributed by atoms with E-state index in [2.05, 4.69) is 0 Å². The molecule has 0 aromatic heterocycles. The van der Waals surface area contributed by atoms with Crippen molar-refractivity contribution in [2.75, 3.05) is 0 Å². The summed E-state index contributed by atoms with van der Waals surface area (Å²) in [4.78, 5) is 0. The third-order valence-electron chi connectivity index (χ3n) is 0. The van der Waals surface area contributed by atoms with Crippen molar-refractivity contribution in [3.8, 4) is 0 Å². The van der Waals surface area contributed by atoms with Crippen molar-refractivity contribution in [1.29, 1.82) is 0 Å². The normalized spacial score (nSPS) is 4.50. The van der Waals surface area contributed by atoms with Gasteiger partial charge in [0.25, 0.3) is 0 Å². The van der Waals surface area contributed by atoms with E-state index < -0.39 is 30.3 Å². The molecule has 0 aromatic rings. The Labute approximate surface area is 120 Å². The fourth-order valence-electron chi connectivity index (χ4n) is 0. The van der Waals surface area contributed by atoms with Gasteiger partial charge in [-0.1, -0.05) is 0 Å². The predicted molar refractivity (Wildman–Crippen MR) is 17.6 cm³/mol. The molecular formula is CeCl3LaPr. The SMILES string of the molecule is [Ce].[Cl][Pr]([Cl])[Cl].[La]. The van der Waals surface area contributed by atoms with Gasteiger partial charge in [-0.15, -0.1) is 0 Å². The minimum Gasteiger partial charge on any atom is 0 e. The number of halogens is 3. The summed E-state index contributed by atoms with van der Waals surface area (Å²) >= 11 is -2.31. The fraction of sp³-hybridized carbons (Fsp3) is 0. The van der Waals surface area contributed by atoms with Gasteiger partial charge < -0.3 is 0 Å². The van der Waals surface area contributed by atoms with Crippen LogP contribution in [0.3, 0.4) is 0 Å². The van der Waals surface area contributed by atoms with Gasteiger partial charge >= 0.3 is 47.4 Å². The van der Waals surface area contributed by atoms with E-state index in [9.17, 15) is 0 Å². The monoisotopic (exact) mass is 525 g/mol. The van der Waals surface area contributed by atoms with Crippen molar-refractivity contribution >= 4 is 17.1 Å². The van der Waals surface area contributed by atoms with E-state index in [1.54, 1.807) is 0 Å². The van der Waals surface area contributed by atoms with Gasteiger partial charge in [0.15, 0.2) is 0 Å². The zero-order valence-corrected chi connectivity index (χ0v) is 15.5. The maximum absolute atomic E-state index is 5.03. The molecular weight excluding hydrogens is 526 g/mol. The molecule has 0 atom stereocenters. The second-order valence-electron chi connectivity index (χ2n) is 0.247. The van der Waals surface area contributed by atoms with Crippen LogP contribution in [0.1, 0.15) is 0 Å². The quantitative estimate of drug-likeness (QED) is 0.454. The predicted octanol–water partition coefficient (Wildman–Crippen LogP) is 2.07. The Morgan fingerprint density at radius 2 is 1.00 bits per heavy atom. The Balaban J connectivity index is -0.0000000450. The van der Waals surface area contributed by atoms with Gasteiger partial charge in [0.1, 0.15) is 0 Å². The van der Waals surface area contributed by atoms with Crippen molar-refractivity contribution in [1.82, 2.24) is 0 Å². The molecule has 0 amide bonds. The zero-order valence-electron chi connectivity index (χ0n) is 2.79. The number of hydrogen-bond acceptors (Lipinski definition) is 0. The van der Waals surface area contributed by atoms with Gasteiger partial charge in [0.05, 0.1) is 0 Å². The summed E-state index contributed by atoms with van der Waals surface area (Å²) in [5, 5.41) is 0. The molecule has 0 fully saturated rings. The molecule has 0 bridgehead atoms. The molecule has 0 saturated carbocycles. The molecule has 0 aliphatic heterocycles. The van der Waals surface area contributed by atoms with E-state index in [1.807, 2.05) is 0 Å². The molecule has 0 saturated heterocycles. The molecule has 0 aliphatic carbocycles. The van der Waals surface area contributed by atoms with Crippen molar-refractivity contribution in [3.05, 3.63) is 0 Å². The van der Waals surface area contributed by atoms with Crippen LogP contribution in [0.2, 0.25) is 0 Å². The summed E-state index contributed by atoms with van der Waals surface area (Å²) in [6.07, 6.45) is 0. The molecule has 0 heterocycles. The number of hydrogen-bond donors (Lipinski definition) is 0. The van der Waals surface area contributed by atoms with Crippen LogP contribution in [0.4, 0.5) is 0 Å². The first kappa shape index (κ1) is 17.1. The van der Waals surface area contributed by atoms with E-state index in [1.165, 1.54) is 0 Å². The zero-order chi connectivity index (χ0) is 3.58. The summed E-state index contributed by atoms with van der Waals surface area (Å²) in [6.45, 7) is 0. The largest absolute Gasteiger partial charge is 0 e. The summed E-state index contributed by atoms with van der Waals surface area (Å²) in [7, 11) is 0. The fourth-order valence-corrected chi connectivity index (χ4v) is 0. The van der Waals surface area contributed by atoms with Gasteiger partial charge in [0.2, 0.25) is 0 Å². The summed E-state index contributed by atoms with van der Waals surface area (Å²) < 4.78 is 0. The molecule has 6 heteroatoms. The first-order valence-corrected chi connectivity index (χ1v) is 14.6. The molecule has 0 nitrogen and oxygen atoms in total. The number of rotatable bonds is 0. The average molecular weight is 526 g/mol. The van der Waals surface area contributed by atoms with Crippen LogP contribution in [0.25, 0.3) is 0 Å². The van der Waals surface area contributed by atoms with Crippen molar-refractivity contribution in [3.63, 3.8) is 0 Å². The second kappa shape index (κ2) is 12.5.